The molecule has 1 fully saturated rings. The zero-order valence-corrected chi connectivity index (χ0v) is 15.2. The Morgan fingerprint density at radius 2 is 2.35 bits per heavy atom. The molecule has 23 heavy (non-hydrogen) atoms. The second-order valence-corrected chi connectivity index (χ2v) is 7.29. The molecule has 0 radical (unpaired) electrons. The van der Waals surface area contributed by atoms with Crippen LogP contribution in [0, 0.1) is 0 Å². The summed E-state index contributed by atoms with van der Waals surface area (Å²) in [5.41, 5.74) is 0. The highest BCUT2D eigenvalue weighted by Crippen LogP contribution is 2.16. The molecule has 5 heteroatoms. The molecule has 2 heterocycles. The molecule has 1 aromatic heterocycles. The van der Waals surface area contributed by atoms with Crippen molar-refractivity contribution in [1.29, 1.82) is 0 Å². The molecule has 1 aliphatic heterocycles. The van der Waals surface area contributed by atoms with Crippen molar-refractivity contribution in [3.63, 3.8) is 0 Å². The Morgan fingerprint density at radius 3 is 3.09 bits per heavy atom. The van der Waals surface area contributed by atoms with E-state index >= 15 is 0 Å². The SMILES string of the molecule is CCCO[C@@H]1CCCN([C@H](C)C(=O)NCCc2cccs2)CC1. The second-order valence-electron chi connectivity index (χ2n) is 6.26. The monoisotopic (exact) mass is 338 g/mol. The minimum atomic E-state index is -0.0525. The molecule has 0 spiro atoms. The predicted molar refractivity (Wildman–Crippen MR) is 95.9 cm³/mol. The summed E-state index contributed by atoms with van der Waals surface area (Å²) in [7, 11) is 0. The summed E-state index contributed by atoms with van der Waals surface area (Å²) in [6.07, 6.45) is 5.62. The number of carbonyl (C=O) groups is 1. The van der Waals surface area contributed by atoms with E-state index in [1.54, 1.807) is 11.3 Å². The van der Waals surface area contributed by atoms with Gasteiger partial charge in [0, 0.05) is 24.6 Å². The first-order valence-corrected chi connectivity index (χ1v) is 9.74. The lowest BCUT2D eigenvalue weighted by molar-refractivity contribution is -0.125. The largest absolute Gasteiger partial charge is 0.378 e. The molecule has 4 nitrogen and oxygen atoms in total. The third-order valence-corrected chi connectivity index (χ3v) is 5.38. The molecule has 1 aromatic rings. The molecule has 2 atom stereocenters. The maximum absolute atomic E-state index is 12.4. The Balaban J connectivity index is 1.71. The van der Waals surface area contributed by atoms with Crippen LogP contribution in [-0.2, 0) is 16.0 Å². The smallest absolute Gasteiger partial charge is 0.237 e. The van der Waals surface area contributed by atoms with Crippen LogP contribution in [0.3, 0.4) is 0 Å². The van der Waals surface area contributed by atoms with Gasteiger partial charge >= 0.3 is 0 Å². The number of hydrogen-bond acceptors (Lipinski definition) is 4. The average molecular weight is 339 g/mol. The number of carbonyl (C=O) groups excluding carboxylic acids is 1. The van der Waals surface area contributed by atoms with Crippen LogP contribution in [0.15, 0.2) is 17.5 Å². The van der Waals surface area contributed by atoms with Crippen LogP contribution in [0.1, 0.15) is 44.4 Å². The summed E-state index contributed by atoms with van der Waals surface area (Å²) in [6.45, 7) is 7.68. The van der Waals surface area contributed by atoms with E-state index in [-0.39, 0.29) is 11.9 Å². The Kier molecular flexibility index (Phi) is 8.06. The van der Waals surface area contributed by atoms with Crippen molar-refractivity contribution in [2.75, 3.05) is 26.2 Å². The van der Waals surface area contributed by atoms with E-state index in [4.69, 9.17) is 4.74 Å². The lowest BCUT2D eigenvalue weighted by Gasteiger charge is -2.26. The van der Waals surface area contributed by atoms with Gasteiger partial charge in [0.1, 0.15) is 0 Å². The van der Waals surface area contributed by atoms with Gasteiger partial charge in [-0.25, -0.2) is 0 Å². The first kappa shape index (κ1) is 18.4. The first-order chi connectivity index (χ1) is 11.2. The highest BCUT2D eigenvalue weighted by Gasteiger charge is 2.24. The molecule has 0 bridgehead atoms. The summed E-state index contributed by atoms with van der Waals surface area (Å²) < 4.78 is 5.88. The fraction of sp³-hybridized carbons (Fsp3) is 0.722. The number of likely N-dealkylation sites (tertiary alicyclic amines) is 1. The van der Waals surface area contributed by atoms with Crippen LogP contribution in [0.5, 0.6) is 0 Å². The van der Waals surface area contributed by atoms with Gasteiger partial charge in [-0.15, -0.1) is 11.3 Å². The van der Waals surface area contributed by atoms with E-state index in [0.29, 0.717) is 6.10 Å². The van der Waals surface area contributed by atoms with E-state index in [2.05, 4.69) is 34.7 Å². The second kappa shape index (κ2) is 10.1. The van der Waals surface area contributed by atoms with E-state index in [9.17, 15) is 4.79 Å². The fourth-order valence-corrected chi connectivity index (χ4v) is 3.71. The molecular formula is C18H30N2O2S. The lowest BCUT2D eigenvalue weighted by atomic mass is 10.1. The summed E-state index contributed by atoms with van der Waals surface area (Å²) in [5.74, 6) is 0.148. The molecule has 0 saturated carbocycles. The van der Waals surface area contributed by atoms with E-state index in [1.807, 2.05) is 6.92 Å². The average Bonchev–Trinajstić information content (AvgIpc) is 2.96. The molecule has 0 aliphatic carbocycles. The van der Waals surface area contributed by atoms with Gasteiger partial charge in [0.05, 0.1) is 12.1 Å². The normalized spacial score (nSPS) is 20.9. The van der Waals surface area contributed by atoms with Gasteiger partial charge in [-0.2, -0.15) is 0 Å². The van der Waals surface area contributed by atoms with Gasteiger partial charge in [0.25, 0.3) is 0 Å². The molecule has 1 N–H and O–H groups in total. The van der Waals surface area contributed by atoms with Crippen molar-refractivity contribution in [3.8, 4) is 0 Å². The number of hydrogen-bond donors (Lipinski definition) is 1. The molecule has 0 unspecified atom stereocenters. The molecule has 1 saturated heterocycles. The minimum Gasteiger partial charge on any atom is -0.378 e. The highest BCUT2D eigenvalue weighted by atomic mass is 32.1. The van der Waals surface area contributed by atoms with Crippen LogP contribution in [0.2, 0.25) is 0 Å². The third-order valence-electron chi connectivity index (χ3n) is 4.45. The summed E-state index contributed by atoms with van der Waals surface area (Å²) >= 11 is 1.74. The van der Waals surface area contributed by atoms with Crippen molar-refractivity contribution in [2.24, 2.45) is 0 Å². The van der Waals surface area contributed by atoms with E-state index < -0.39 is 0 Å². The van der Waals surface area contributed by atoms with Gasteiger partial charge < -0.3 is 10.1 Å². The van der Waals surface area contributed by atoms with Gasteiger partial charge in [0.15, 0.2) is 0 Å². The number of nitrogens with one attached hydrogen (secondary N) is 1. The Bertz CT molecular complexity index is 450. The quantitative estimate of drug-likeness (QED) is 0.792. The van der Waals surface area contributed by atoms with Gasteiger partial charge in [-0.05, 0) is 57.0 Å². The van der Waals surface area contributed by atoms with Crippen LogP contribution in [0.4, 0.5) is 0 Å². The summed E-state index contributed by atoms with van der Waals surface area (Å²) in [4.78, 5) is 16.0. The highest BCUT2D eigenvalue weighted by molar-refractivity contribution is 7.09. The third kappa shape index (κ3) is 6.24. The van der Waals surface area contributed by atoms with Crippen LogP contribution < -0.4 is 5.32 Å². The van der Waals surface area contributed by atoms with E-state index in [1.165, 1.54) is 4.88 Å². The molecular weight excluding hydrogens is 308 g/mol. The zero-order chi connectivity index (χ0) is 16.5. The zero-order valence-electron chi connectivity index (χ0n) is 14.4. The maximum Gasteiger partial charge on any atom is 0.237 e. The summed E-state index contributed by atoms with van der Waals surface area (Å²) in [5, 5.41) is 5.16. The minimum absolute atomic E-state index is 0.0525. The number of rotatable bonds is 8. The molecule has 2 rings (SSSR count). The first-order valence-electron chi connectivity index (χ1n) is 8.86. The Hall–Kier alpha value is -0.910. The number of nitrogens with zero attached hydrogens (tertiary/aromatic N) is 1. The van der Waals surface area contributed by atoms with Gasteiger partial charge in [-0.1, -0.05) is 13.0 Å². The molecule has 0 aromatic carbocycles. The van der Waals surface area contributed by atoms with Crippen LogP contribution in [-0.4, -0.2) is 49.2 Å². The summed E-state index contributed by atoms with van der Waals surface area (Å²) in [6, 6.07) is 4.12. The van der Waals surface area contributed by atoms with Crippen LogP contribution in [0.25, 0.3) is 0 Å². The van der Waals surface area contributed by atoms with Crippen LogP contribution >= 0.6 is 11.3 Å². The van der Waals surface area contributed by atoms with Gasteiger partial charge in [0.2, 0.25) is 5.91 Å². The van der Waals surface area contributed by atoms with Crippen molar-refractivity contribution >= 4 is 17.2 Å². The Labute approximate surface area is 144 Å². The van der Waals surface area contributed by atoms with Crippen molar-refractivity contribution in [1.82, 2.24) is 10.2 Å². The predicted octanol–water partition coefficient (Wildman–Crippen LogP) is 3.08. The molecule has 1 amide bonds. The maximum atomic E-state index is 12.4. The number of amides is 1. The van der Waals surface area contributed by atoms with Crippen molar-refractivity contribution < 1.29 is 9.53 Å². The van der Waals surface area contributed by atoms with Crippen molar-refractivity contribution in [2.45, 2.75) is 58.1 Å². The standard InChI is InChI=1S/C18H30N2O2S/c1-3-13-22-16-6-4-11-20(12-9-16)15(2)18(21)19-10-8-17-7-5-14-23-17/h5,7,14-16H,3-4,6,8-13H2,1-2H3,(H,19,21)/t15-,16-/m1/s1. The Morgan fingerprint density at radius 1 is 1.48 bits per heavy atom. The fourth-order valence-electron chi connectivity index (χ4n) is 3.00. The number of thiophene rings is 1. The van der Waals surface area contributed by atoms with E-state index in [0.717, 1.165) is 58.3 Å². The number of ether oxygens (including phenoxy) is 1. The molecule has 130 valence electrons. The topological polar surface area (TPSA) is 41.6 Å². The molecule has 1 aliphatic rings. The van der Waals surface area contributed by atoms with Gasteiger partial charge in [-0.3, -0.25) is 9.69 Å². The van der Waals surface area contributed by atoms with Crippen molar-refractivity contribution in [3.05, 3.63) is 22.4 Å². The lowest BCUT2D eigenvalue weighted by Crippen LogP contribution is -2.46.